The van der Waals surface area contributed by atoms with Crippen LogP contribution in [-0.2, 0) is 28.6 Å². The van der Waals surface area contributed by atoms with Gasteiger partial charge in [-0.2, -0.15) is 0 Å². The second kappa shape index (κ2) is 9.96. The molecule has 2 radical (unpaired) electrons. The molecule has 0 unspecified atom stereocenters. The summed E-state index contributed by atoms with van der Waals surface area (Å²) in [7, 11) is 0. The lowest BCUT2D eigenvalue weighted by atomic mass is 9.45. The van der Waals surface area contributed by atoms with E-state index in [4.69, 9.17) is 21.1 Å². The Balaban J connectivity index is 1.61. The first-order valence-electron chi connectivity index (χ1n) is 13.8. The number of ketones is 1. The molecule has 4 aliphatic rings. The highest BCUT2D eigenvalue weighted by Crippen LogP contribution is 2.63. The second-order valence-electron chi connectivity index (χ2n) is 12.8. The number of aliphatic hydroxyl groups is 4. The maximum Gasteiger partial charge on any atom is 0.336 e. The van der Waals surface area contributed by atoms with Crippen LogP contribution in [0.3, 0.4) is 0 Å². The molecule has 2 saturated carbocycles. The Morgan fingerprint density at radius 2 is 1.90 bits per heavy atom. The van der Waals surface area contributed by atoms with Gasteiger partial charge in [0, 0.05) is 48.3 Å². The number of esters is 2. The Morgan fingerprint density at radius 1 is 1.22 bits per heavy atom. The van der Waals surface area contributed by atoms with Crippen molar-refractivity contribution in [2.24, 2.45) is 16.7 Å². The summed E-state index contributed by atoms with van der Waals surface area (Å²) in [5.74, 6) is -4.43. The van der Waals surface area contributed by atoms with Gasteiger partial charge in [-0.05, 0) is 37.8 Å². The van der Waals surface area contributed by atoms with Gasteiger partial charge in [0.05, 0.1) is 24.2 Å². The van der Waals surface area contributed by atoms with Crippen LogP contribution in [-0.4, -0.2) is 86.5 Å². The number of ether oxygens (including phenoxy) is 3. The normalized spacial score (nSPS) is 41.1. The lowest BCUT2D eigenvalue weighted by molar-refractivity contribution is -0.344. The van der Waals surface area contributed by atoms with Crippen LogP contribution < -0.4 is 0 Å². The van der Waals surface area contributed by atoms with E-state index in [0.29, 0.717) is 16.0 Å². The molecule has 224 valence electrons. The first kappa shape index (κ1) is 30.3. The maximum absolute atomic E-state index is 14.1. The maximum atomic E-state index is 14.1. The smallest absolute Gasteiger partial charge is 0.336 e. The van der Waals surface area contributed by atoms with Crippen molar-refractivity contribution in [2.75, 3.05) is 6.61 Å². The number of carbonyl (C=O) groups is 3. The predicted molar refractivity (Wildman–Crippen MR) is 145 cm³/mol. The van der Waals surface area contributed by atoms with E-state index in [0.717, 1.165) is 6.92 Å². The van der Waals surface area contributed by atoms with Crippen molar-refractivity contribution in [3.05, 3.63) is 40.5 Å². The summed E-state index contributed by atoms with van der Waals surface area (Å²) < 4.78 is 17.1. The summed E-state index contributed by atoms with van der Waals surface area (Å²) in [5, 5.41) is 48.3. The standard InChI is InChI=1S/C30H38O10S/c1-14-17-10-20(32)28(6)21(33)11-22-29(36,13-38-22)24(28)25(39-16(3)31)30(37,27(17,4)5)12-18(14)40-26(35)23(34)15(2)19-8-7-9-41-19/h2,7-9,15,18,21-25,33-34,36-37H,10-13H2,1,3-6H3/t15-,18-,21-,22+,23+,24-,25-,28+,29-,30+/m0/s1. The van der Waals surface area contributed by atoms with Gasteiger partial charge < -0.3 is 34.6 Å². The molecule has 3 fully saturated rings. The van der Waals surface area contributed by atoms with Crippen LogP contribution in [0.1, 0.15) is 64.7 Å². The summed E-state index contributed by atoms with van der Waals surface area (Å²) in [5.41, 5.74) is -5.44. The molecule has 1 aromatic heterocycles. The number of hydrogen-bond acceptors (Lipinski definition) is 11. The number of thiophene rings is 1. The third-order valence-corrected chi connectivity index (χ3v) is 11.4. The molecular formula is C30H38O10S. The molecule has 10 atom stereocenters. The molecule has 2 heterocycles. The second-order valence-corrected chi connectivity index (χ2v) is 13.7. The van der Waals surface area contributed by atoms with E-state index >= 15 is 0 Å². The minimum absolute atomic E-state index is 0.00447. The summed E-state index contributed by atoms with van der Waals surface area (Å²) in [6, 6.07) is 3.43. The molecule has 0 spiro atoms. The molecular weight excluding hydrogens is 552 g/mol. The molecule has 10 nitrogen and oxygen atoms in total. The highest BCUT2D eigenvalue weighted by Gasteiger charge is 2.75. The quantitative estimate of drug-likeness (QED) is 0.294. The molecule has 4 N–H and O–H groups in total. The molecule has 5 rings (SSSR count). The van der Waals surface area contributed by atoms with Crippen molar-refractivity contribution in [3.63, 3.8) is 0 Å². The third kappa shape index (κ3) is 4.26. The molecule has 1 aromatic rings. The zero-order chi connectivity index (χ0) is 30.3. The van der Waals surface area contributed by atoms with Crippen molar-refractivity contribution in [3.8, 4) is 0 Å². The minimum Gasteiger partial charge on any atom is -0.459 e. The van der Waals surface area contributed by atoms with Crippen molar-refractivity contribution in [1.82, 2.24) is 0 Å². The van der Waals surface area contributed by atoms with E-state index in [1.54, 1.807) is 45.2 Å². The Kier molecular flexibility index (Phi) is 7.36. The van der Waals surface area contributed by atoms with E-state index in [2.05, 4.69) is 0 Å². The summed E-state index contributed by atoms with van der Waals surface area (Å²) >= 11 is 1.28. The van der Waals surface area contributed by atoms with Crippen molar-refractivity contribution >= 4 is 29.1 Å². The van der Waals surface area contributed by atoms with E-state index in [-0.39, 0.29) is 25.9 Å². The van der Waals surface area contributed by atoms with E-state index in [1.807, 2.05) is 0 Å². The highest BCUT2D eigenvalue weighted by atomic mass is 32.1. The third-order valence-electron chi connectivity index (χ3n) is 10.4. The number of aliphatic hydroxyl groups excluding tert-OH is 2. The summed E-state index contributed by atoms with van der Waals surface area (Å²) in [6.45, 7) is 13.8. The first-order valence-corrected chi connectivity index (χ1v) is 14.7. The fourth-order valence-electron chi connectivity index (χ4n) is 7.61. The molecule has 1 aliphatic heterocycles. The van der Waals surface area contributed by atoms with Gasteiger partial charge in [-0.15, -0.1) is 11.3 Å². The Bertz CT molecular complexity index is 1270. The molecule has 2 bridgehead atoms. The van der Waals surface area contributed by atoms with Crippen LogP contribution in [0.25, 0.3) is 0 Å². The molecule has 1 saturated heterocycles. The van der Waals surface area contributed by atoms with Crippen LogP contribution in [0, 0.1) is 23.7 Å². The first-order chi connectivity index (χ1) is 19.0. The fraction of sp³-hybridized carbons (Fsp3) is 0.667. The van der Waals surface area contributed by atoms with Gasteiger partial charge >= 0.3 is 11.9 Å². The Morgan fingerprint density at radius 3 is 2.46 bits per heavy atom. The van der Waals surface area contributed by atoms with Crippen molar-refractivity contribution in [2.45, 2.75) is 102 Å². The highest BCUT2D eigenvalue weighted by molar-refractivity contribution is 7.10. The zero-order valence-electron chi connectivity index (χ0n) is 23.8. The molecule has 41 heavy (non-hydrogen) atoms. The summed E-state index contributed by atoms with van der Waals surface area (Å²) in [6.07, 6.45) is -6.82. The van der Waals surface area contributed by atoms with Gasteiger partial charge in [0.1, 0.15) is 29.2 Å². The predicted octanol–water partition coefficient (Wildman–Crippen LogP) is 1.71. The zero-order valence-corrected chi connectivity index (χ0v) is 24.6. The van der Waals surface area contributed by atoms with Crippen LogP contribution in [0.4, 0.5) is 0 Å². The van der Waals surface area contributed by atoms with Gasteiger partial charge in [0.2, 0.25) is 0 Å². The molecule has 0 amide bonds. The molecule has 11 heteroatoms. The minimum atomic E-state index is -1.97. The van der Waals surface area contributed by atoms with Crippen LogP contribution in [0.15, 0.2) is 28.7 Å². The Hall–Kier alpha value is -2.15. The number of fused-ring (bicyclic) bond motifs is 5. The van der Waals surface area contributed by atoms with E-state index in [1.165, 1.54) is 11.3 Å². The fourth-order valence-corrected chi connectivity index (χ4v) is 8.37. The van der Waals surface area contributed by atoms with Gasteiger partial charge in [-0.1, -0.05) is 25.5 Å². The number of carbonyl (C=O) groups excluding carboxylic acids is 3. The van der Waals surface area contributed by atoms with E-state index < -0.39 is 82.1 Å². The number of rotatable bonds is 5. The van der Waals surface area contributed by atoms with Crippen molar-refractivity contribution in [1.29, 1.82) is 0 Å². The van der Waals surface area contributed by atoms with Gasteiger partial charge in [-0.3, -0.25) is 9.59 Å². The average Bonchev–Trinajstić information content (AvgIpc) is 3.44. The van der Waals surface area contributed by atoms with Crippen LogP contribution >= 0.6 is 11.3 Å². The topological polar surface area (TPSA) is 160 Å². The lowest BCUT2D eigenvalue weighted by Gasteiger charge is -2.66. The SMILES string of the molecule is [CH][C@@H](c1cccs1)[C@@H](O)C(=O)O[C@H]1C[C@@]2(O)[C@@H](OC(C)=O)[C@@H]3[C@]4(O)CO[C@@H]4C[C@H](O)[C@@]3(C)C(=O)CC(=C1C)C2(C)C. The summed E-state index contributed by atoms with van der Waals surface area (Å²) in [4.78, 5) is 40.4. The van der Waals surface area contributed by atoms with Gasteiger partial charge in [0.15, 0.2) is 6.10 Å². The lowest BCUT2D eigenvalue weighted by Crippen LogP contribution is -2.80. The van der Waals surface area contributed by atoms with Crippen molar-refractivity contribution < 1.29 is 49.0 Å². The molecule has 3 aliphatic carbocycles. The number of Topliss-reactive ketones (excluding diaryl/α,β-unsaturated/α-hetero) is 1. The number of hydrogen-bond donors (Lipinski definition) is 4. The van der Waals surface area contributed by atoms with Gasteiger partial charge in [-0.25, -0.2) is 4.79 Å². The van der Waals surface area contributed by atoms with E-state index in [9.17, 15) is 34.8 Å². The Labute approximate surface area is 243 Å². The largest absolute Gasteiger partial charge is 0.459 e. The molecule has 0 aromatic carbocycles. The van der Waals surface area contributed by atoms with Gasteiger partial charge in [0.25, 0.3) is 0 Å². The van der Waals surface area contributed by atoms with Crippen LogP contribution in [0.5, 0.6) is 0 Å². The van der Waals surface area contributed by atoms with Crippen LogP contribution in [0.2, 0.25) is 0 Å². The monoisotopic (exact) mass is 590 g/mol. The average molecular weight is 591 g/mol.